The highest BCUT2D eigenvalue weighted by molar-refractivity contribution is 6.34. The normalized spacial score (nSPS) is 11.1. The highest BCUT2D eigenvalue weighted by Gasteiger charge is 2.30. The number of aromatic nitrogens is 1. The maximum absolute atomic E-state index is 12.9. The van der Waals surface area contributed by atoms with E-state index in [2.05, 4.69) is 15.6 Å². The van der Waals surface area contributed by atoms with Gasteiger partial charge in [-0.05, 0) is 48.9 Å². The van der Waals surface area contributed by atoms with Gasteiger partial charge in [-0.2, -0.15) is 13.2 Å². The molecule has 1 aromatic heterocycles. The quantitative estimate of drug-likeness (QED) is 0.557. The van der Waals surface area contributed by atoms with Crippen LogP contribution < -0.4 is 10.6 Å². The molecule has 0 unspecified atom stereocenters. The van der Waals surface area contributed by atoms with Gasteiger partial charge in [0.15, 0.2) is 0 Å². The number of amides is 3. The molecule has 0 aliphatic carbocycles. The number of hydrogen-bond acceptors (Lipinski definition) is 3. The summed E-state index contributed by atoms with van der Waals surface area (Å²) in [7, 11) is 0. The summed E-state index contributed by atoms with van der Waals surface area (Å²) < 4.78 is 38.8. The van der Waals surface area contributed by atoms with Crippen molar-refractivity contribution in [3.8, 4) is 11.1 Å². The Balaban J connectivity index is 1.74. The molecule has 0 saturated carbocycles. The number of halogens is 4. The molecular formula is C21H15ClF3N3O2. The van der Waals surface area contributed by atoms with Gasteiger partial charge in [0.05, 0.1) is 16.1 Å². The Bertz CT molecular complexity index is 1120. The fourth-order valence-electron chi connectivity index (χ4n) is 2.76. The maximum Gasteiger partial charge on any atom is 0.416 e. The number of carbonyl (C=O) groups excluding carboxylic acids is 2. The largest absolute Gasteiger partial charge is 0.416 e. The number of hydrogen-bond donors (Lipinski definition) is 2. The van der Waals surface area contributed by atoms with Crippen LogP contribution in [0.5, 0.6) is 0 Å². The van der Waals surface area contributed by atoms with E-state index in [-0.39, 0.29) is 16.4 Å². The first-order valence-corrected chi connectivity index (χ1v) is 9.05. The summed E-state index contributed by atoms with van der Waals surface area (Å²) in [6.07, 6.45) is -4.45. The van der Waals surface area contributed by atoms with E-state index in [1.54, 1.807) is 31.2 Å². The number of benzene rings is 2. The SMILES string of the molecule is Cc1nc(NC(=O)NC(=O)c2ccccc2Cl)ccc1-c1cccc(C(F)(F)F)c1. The van der Waals surface area contributed by atoms with Gasteiger partial charge in [0.2, 0.25) is 0 Å². The van der Waals surface area contributed by atoms with Crippen LogP contribution in [0.2, 0.25) is 5.02 Å². The second kappa shape index (κ2) is 8.54. The lowest BCUT2D eigenvalue weighted by atomic mass is 10.0. The number of carbonyl (C=O) groups is 2. The van der Waals surface area contributed by atoms with Gasteiger partial charge < -0.3 is 0 Å². The minimum atomic E-state index is -4.45. The Morgan fingerprint density at radius 1 is 1.00 bits per heavy atom. The molecular weight excluding hydrogens is 419 g/mol. The predicted octanol–water partition coefficient (Wildman–Crippen LogP) is 5.69. The minimum absolute atomic E-state index is 0.132. The van der Waals surface area contributed by atoms with Crippen molar-refractivity contribution in [3.63, 3.8) is 0 Å². The van der Waals surface area contributed by atoms with Gasteiger partial charge in [-0.15, -0.1) is 0 Å². The van der Waals surface area contributed by atoms with E-state index in [0.717, 1.165) is 12.1 Å². The van der Waals surface area contributed by atoms with E-state index in [1.165, 1.54) is 24.3 Å². The van der Waals surface area contributed by atoms with Gasteiger partial charge in [0.25, 0.3) is 5.91 Å². The zero-order valence-electron chi connectivity index (χ0n) is 15.5. The lowest BCUT2D eigenvalue weighted by Gasteiger charge is -2.12. The smallest absolute Gasteiger partial charge is 0.292 e. The Kier molecular flexibility index (Phi) is 6.07. The van der Waals surface area contributed by atoms with E-state index < -0.39 is 23.7 Å². The van der Waals surface area contributed by atoms with Gasteiger partial charge in [-0.1, -0.05) is 35.9 Å². The van der Waals surface area contributed by atoms with Gasteiger partial charge in [-0.3, -0.25) is 15.4 Å². The number of nitrogens with zero attached hydrogens (tertiary/aromatic N) is 1. The molecule has 0 aliphatic heterocycles. The number of aryl methyl sites for hydroxylation is 1. The molecule has 0 spiro atoms. The molecule has 5 nitrogen and oxygen atoms in total. The summed E-state index contributed by atoms with van der Waals surface area (Å²) in [5.41, 5.74) is 0.612. The van der Waals surface area contributed by atoms with Crippen molar-refractivity contribution in [2.45, 2.75) is 13.1 Å². The molecule has 0 bridgehead atoms. The average Bonchev–Trinajstić information content (AvgIpc) is 2.67. The molecule has 3 aromatic rings. The second-order valence-corrected chi connectivity index (χ2v) is 6.70. The van der Waals surface area contributed by atoms with Crippen LogP contribution in [-0.2, 0) is 6.18 Å². The summed E-state index contributed by atoms with van der Waals surface area (Å²) in [6, 6.07) is 13.3. The lowest BCUT2D eigenvalue weighted by Crippen LogP contribution is -2.34. The van der Waals surface area contributed by atoms with Gasteiger partial charge >= 0.3 is 12.2 Å². The zero-order valence-corrected chi connectivity index (χ0v) is 16.3. The third-order valence-corrected chi connectivity index (χ3v) is 4.50. The van der Waals surface area contributed by atoms with E-state index in [4.69, 9.17) is 11.6 Å². The van der Waals surface area contributed by atoms with E-state index >= 15 is 0 Å². The number of pyridine rings is 1. The standard InChI is InChI=1S/C21H15ClF3N3O2/c1-12-15(13-5-4-6-14(11-13)21(23,24)25)9-10-18(26-12)27-20(30)28-19(29)16-7-2-3-8-17(16)22/h2-11H,1H3,(H2,26,27,28,29,30). The van der Waals surface area contributed by atoms with Crippen LogP contribution in [0.25, 0.3) is 11.1 Å². The fraction of sp³-hybridized carbons (Fsp3) is 0.0952. The number of alkyl halides is 3. The summed E-state index contributed by atoms with van der Waals surface area (Å²) in [6.45, 7) is 1.60. The average molecular weight is 434 g/mol. The fourth-order valence-corrected chi connectivity index (χ4v) is 2.98. The number of anilines is 1. The monoisotopic (exact) mass is 433 g/mol. The predicted molar refractivity (Wildman–Crippen MR) is 107 cm³/mol. The van der Waals surface area contributed by atoms with E-state index in [0.29, 0.717) is 16.8 Å². The molecule has 0 radical (unpaired) electrons. The molecule has 0 fully saturated rings. The molecule has 0 atom stereocenters. The molecule has 30 heavy (non-hydrogen) atoms. The van der Waals surface area contributed by atoms with Crippen molar-refractivity contribution < 1.29 is 22.8 Å². The van der Waals surface area contributed by atoms with Crippen LogP contribution in [0, 0.1) is 6.92 Å². The van der Waals surface area contributed by atoms with Crippen LogP contribution in [0.1, 0.15) is 21.6 Å². The molecule has 3 amide bonds. The second-order valence-electron chi connectivity index (χ2n) is 6.30. The molecule has 2 aromatic carbocycles. The Morgan fingerprint density at radius 3 is 2.40 bits per heavy atom. The van der Waals surface area contributed by atoms with Crippen molar-refractivity contribution in [3.05, 3.63) is 82.5 Å². The van der Waals surface area contributed by atoms with E-state index in [1.807, 2.05) is 0 Å². The van der Waals surface area contributed by atoms with Crippen LogP contribution in [0.3, 0.4) is 0 Å². The number of imide groups is 1. The molecule has 1 heterocycles. The van der Waals surface area contributed by atoms with Crippen LogP contribution in [-0.4, -0.2) is 16.9 Å². The van der Waals surface area contributed by atoms with Crippen molar-refractivity contribution in [2.24, 2.45) is 0 Å². The van der Waals surface area contributed by atoms with Crippen molar-refractivity contribution >= 4 is 29.4 Å². The number of urea groups is 1. The van der Waals surface area contributed by atoms with E-state index in [9.17, 15) is 22.8 Å². The molecule has 2 N–H and O–H groups in total. The third-order valence-electron chi connectivity index (χ3n) is 4.17. The Labute approximate surface area is 174 Å². The first-order valence-electron chi connectivity index (χ1n) is 8.67. The summed E-state index contributed by atoms with van der Waals surface area (Å²) in [4.78, 5) is 28.4. The van der Waals surface area contributed by atoms with Crippen molar-refractivity contribution in [2.75, 3.05) is 5.32 Å². The molecule has 0 aliphatic rings. The minimum Gasteiger partial charge on any atom is -0.292 e. The number of nitrogens with one attached hydrogen (secondary N) is 2. The van der Waals surface area contributed by atoms with Gasteiger partial charge in [0.1, 0.15) is 5.82 Å². The zero-order chi connectivity index (χ0) is 21.9. The van der Waals surface area contributed by atoms with Crippen LogP contribution >= 0.6 is 11.6 Å². The molecule has 3 rings (SSSR count). The molecule has 0 saturated heterocycles. The first kappa shape index (κ1) is 21.3. The number of rotatable bonds is 3. The summed E-state index contributed by atoms with van der Waals surface area (Å²) in [5.74, 6) is -0.553. The topological polar surface area (TPSA) is 71.1 Å². The molecule has 9 heteroatoms. The highest BCUT2D eigenvalue weighted by atomic mass is 35.5. The summed E-state index contributed by atoms with van der Waals surface area (Å²) >= 11 is 5.92. The highest BCUT2D eigenvalue weighted by Crippen LogP contribution is 2.33. The molecule has 154 valence electrons. The maximum atomic E-state index is 12.9. The first-order chi connectivity index (χ1) is 14.1. The van der Waals surface area contributed by atoms with Crippen LogP contribution in [0.4, 0.5) is 23.8 Å². The van der Waals surface area contributed by atoms with Crippen LogP contribution in [0.15, 0.2) is 60.7 Å². The Morgan fingerprint density at radius 2 is 1.73 bits per heavy atom. The lowest BCUT2D eigenvalue weighted by molar-refractivity contribution is -0.137. The summed E-state index contributed by atoms with van der Waals surface area (Å²) in [5, 5.41) is 4.75. The van der Waals surface area contributed by atoms with Gasteiger partial charge in [-0.25, -0.2) is 9.78 Å². The van der Waals surface area contributed by atoms with Crippen molar-refractivity contribution in [1.29, 1.82) is 0 Å². The Hall–Kier alpha value is -3.39. The van der Waals surface area contributed by atoms with Crippen molar-refractivity contribution in [1.82, 2.24) is 10.3 Å². The van der Waals surface area contributed by atoms with Gasteiger partial charge in [0, 0.05) is 11.3 Å². The third kappa shape index (κ3) is 4.96.